The van der Waals surface area contributed by atoms with Gasteiger partial charge in [-0.25, -0.2) is 0 Å². The molecule has 0 radical (unpaired) electrons. The number of nitrogens with two attached hydrogens (primary N) is 2. The molecule has 0 saturated heterocycles. The first-order valence-corrected chi connectivity index (χ1v) is 16.2. The van der Waals surface area contributed by atoms with Crippen molar-refractivity contribution < 1.29 is 41.4 Å². The van der Waals surface area contributed by atoms with E-state index in [-0.39, 0.29) is 43.8 Å². The molecule has 6 aromatic rings. The van der Waals surface area contributed by atoms with Crippen molar-refractivity contribution in [3.63, 3.8) is 0 Å². The van der Waals surface area contributed by atoms with Gasteiger partial charge in [-0.15, -0.1) is 18.5 Å². The van der Waals surface area contributed by atoms with Gasteiger partial charge >= 0.3 is 19.5 Å². The number of benzene rings is 6. The fraction of sp³-hybridized carbons (Fsp3) is 0.179. The molecular formula is C39H42ClN2O2P2Ru+3. The van der Waals surface area contributed by atoms with Crippen molar-refractivity contribution in [2.75, 3.05) is 14.2 Å². The number of hydrogen-bond acceptors (Lipinski definition) is 4. The second kappa shape index (κ2) is 17.0. The smallest absolute Gasteiger partial charge is 1.00 e. The molecule has 4 nitrogen and oxygen atoms in total. The first-order chi connectivity index (χ1) is 21.7. The predicted octanol–water partition coefficient (Wildman–Crippen LogP) is 4.55. The molecule has 47 heavy (non-hydrogen) atoms. The molecule has 0 aliphatic carbocycles. The van der Waals surface area contributed by atoms with Crippen molar-refractivity contribution >= 4 is 50.6 Å². The molecule has 0 aliphatic heterocycles. The van der Waals surface area contributed by atoms with Gasteiger partial charge < -0.3 is 33.3 Å². The first-order valence-electron chi connectivity index (χ1n) is 15.1. The van der Waals surface area contributed by atoms with E-state index in [1.165, 1.54) is 43.3 Å². The molecule has 8 heteroatoms. The molecule has 0 amide bonds. The number of methoxy groups -OCH3 is 2. The van der Waals surface area contributed by atoms with Gasteiger partial charge in [-0.05, 0) is 84.6 Å². The number of ether oxygens (including phenoxy) is 2. The van der Waals surface area contributed by atoms with E-state index in [0.717, 1.165) is 22.6 Å². The minimum Gasteiger partial charge on any atom is -1.00 e. The van der Waals surface area contributed by atoms with Crippen molar-refractivity contribution in [3.05, 3.63) is 132 Å². The Balaban J connectivity index is 0.000000245. The van der Waals surface area contributed by atoms with Gasteiger partial charge in [0.15, 0.2) is 0 Å². The van der Waals surface area contributed by atoms with E-state index in [2.05, 4.69) is 105 Å². The van der Waals surface area contributed by atoms with E-state index in [1.54, 1.807) is 14.2 Å². The molecule has 0 saturated carbocycles. The molecule has 0 aromatic heterocycles. The third-order valence-electron chi connectivity index (χ3n) is 8.55. The SMILES string of the molecule is COc1ccc(C(N)(c2ccc(OC)cc2)[C@@H](N)C(C)C)cc1.Pc1ccc2ccccc2c1-c1c(P)ccc2ccccc12.[Cl-].[Ru+4]. The maximum absolute atomic E-state index is 6.86. The Morgan fingerprint density at radius 3 is 1.28 bits per heavy atom. The minimum atomic E-state index is -0.785. The first kappa shape index (κ1) is 38.6. The summed E-state index contributed by atoms with van der Waals surface area (Å²) in [4.78, 5) is 0. The van der Waals surface area contributed by atoms with Crippen LogP contribution in [0.1, 0.15) is 25.0 Å². The standard InChI is InChI=1S/C20H16P2.C19H26N2O2.ClH.Ru/c21-17-11-9-13-5-1-3-7-15(13)19(17)20-16-8-4-2-6-14(16)10-12-18(20)22;1-13(2)18(20)19(21,14-5-9-16(22-3)10-6-14)15-7-11-17(23-4)12-8-15;;/h1-12H,21-22H2;5-13,18H,20-21H2,1-4H3;1H;/q;;;+4/p-1/t;18-;;/m.0../s1. The van der Waals surface area contributed by atoms with Crippen LogP contribution in [0.5, 0.6) is 11.5 Å². The van der Waals surface area contributed by atoms with Crippen LogP contribution in [-0.2, 0) is 25.0 Å². The van der Waals surface area contributed by atoms with Crippen LogP contribution in [0.4, 0.5) is 0 Å². The second-order valence-electron chi connectivity index (χ2n) is 11.6. The molecule has 0 spiro atoms. The molecule has 6 aromatic carbocycles. The fourth-order valence-corrected chi connectivity index (χ4v) is 6.74. The van der Waals surface area contributed by atoms with Crippen LogP contribution in [0, 0.1) is 5.92 Å². The van der Waals surface area contributed by atoms with Crippen LogP contribution in [0.2, 0.25) is 0 Å². The van der Waals surface area contributed by atoms with Crippen LogP contribution in [0.3, 0.4) is 0 Å². The maximum Gasteiger partial charge on any atom is 4.00 e. The summed E-state index contributed by atoms with van der Waals surface area (Å²) in [7, 11) is 9.09. The van der Waals surface area contributed by atoms with Gasteiger partial charge in [0.1, 0.15) is 11.5 Å². The van der Waals surface area contributed by atoms with E-state index >= 15 is 0 Å². The largest absolute Gasteiger partial charge is 4.00 e. The molecule has 2 unspecified atom stereocenters. The summed E-state index contributed by atoms with van der Waals surface area (Å²) >= 11 is 0. The quantitative estimate of drug-likeness (QED) is 0.185. The number of hydrogen-bond donors (Lipinski definition) is 2. The predicted molar refractivity (Wildman–Crippen MR) is 199 cm³/mol. The molecule has 242 valence electrons. The Bertz CT molecular complexity index is 1790. The van der Waals surface area contributed by atoms with Crippen molar-refractivity contribution in [2.24, 2.45) is 17.4 Å². The van der Waals surface area contributed by atoms with Gasteiger partial charge in [-0.3, -0.25) is 0 Å². The molecular weight excluding hydrogens is 727 g/mol. The van der Waals surface area contributed by atoms with Gasteiger partial charge in [-0.2, -0.15) is 0 Å². The summed E-state index contributed by atoms with van der Waals surface area (Å²) in [5.74, 6) is 1.82. The summed E-state index contributed by atoms with van der Waals surface area (Å²) < 4.78 is 10.5. The van der Waals surface area contributed by atoms with Crippen molar-refractivity contribution in [1.29, 1.82) is 0 Å². The Kier molecular flexibility index (Phi) is 13.9. The summed E-state index contributed by atoms with van der Waals surface area (Å²) in [5, 5.41) is 7.63. The average Bonchev–Trinajstić information content (AvgIpc) is 3.08. The van der Waals surface area contributed by atoms with E-state index < -0.39 is 5.54 Å². The van der Waals surface area contributed by atoms with E-state index in [1.807, 2.05) is 48.5 Å². The topological polar surface area (TPSA) is 70.5 Å². The zero-order chi connectivity index (χ0) is 32.1. The zero-order valence-corrected chi connectivity index (χ0v) is 31.9. The molecule has 0 aliphatic rings. The third-order valence-corrected chi connectivity index (χ3v) is 9.51. The summed E-state index contributed by atoms with van der Waals surface area (Å²) in [6.07, 6.45) is 0. The Morgan fingerprint density at radius 2 is 0.936 bits per heavy atom. The van der Waals surface area contributed by atoms with Gasteiger partial charge in [0.05, 0.1) is 19.8 Å². The Labute approximate surface area is 302 Å². The Hall–Kier alpha value is -2.87. The third kappa shape index (κ3) is 8.06. The molecule has 3 atom stereocenters. The second-order valence-corrected chi connectivity index (χ2v) is 12.8. The molecule has 0 heterocycles. The Morgan fingerprint density at radius 1 is 0.574 bits per heavy atom. The van der Waals surface area contributed by atoms with Gasteiger partial charge in [0.2, 0.25) is 0 Å². The van der Waals surface area contributed by atoms with Gasteiger partial charge in [-0.1, -0.05) is 111 Å². The zero-order valence-electron chi connectivity index (χ0n) is 27.1. The van der Waals surface area contributed by atoms with E-state index in [0.29, 0.717) is 0 Å². The monoisotopic (exact) mass is 769 g/mol. The average molecular weight is 769 g/mol. The normalized spacial score (nSPS) is 11.6. The summed E-state index contributed by atoms with van der Waals surface area (Å²) in [5.41, 5.74) is 17.1. The van der Waals surface area contributed by atoms with Crippen molar-refractivity contribution in [3.8, 4) is 22.6 Å². The van der Waals surface area contributed by atoms with Crippen molar-refractivity contribution in [1.82, 2.24) is 0 Å². The molecule has 0 bridgehead atoms. The fourth-order valence-electron chi connectivity index (χ4n) is 5.95. The number of fused-ring (bicyclic) bond motifs is 2. The number of rotatable bonds is 7. The summed E-state index contributed by atoms with van der Waals surface area (Å²) in [6.45, 7) is 4.17. The van der Waals surface area contributed by atoms with Gasteiger partial charge in [0, 0.05) is 6.04 Å². The maximum atomic E-state index is 6.86. The van der Waals surface area contributed by atoms with Crippen LogP contribution in [0.15, 0.2) is 121 Å². The van der Waals surface area contributed by atoms with Crippen LogP contribution in [-0.4, -0.2) is 20.3 Å². The summed E-state index contributed by atoms with van der Waals surface area (Å²) in [6, 6.07) is 41.3. The van der Waals surface area contributed by atoms with Crippen LogP contribution >= 0.6 is 18.5 Å². The van der Waals surface area contributed by atoms with Gasteiger partial charge in [0.25, 0.3) is 0 Å². The molecule has 6 rings (SSSR count). The van der Waals surface area contributed by atoms with Crippen LogP contribution < -0.4 is 44.0 Å². The molecule has 4 N–H and O–H groups in total. The van der Waals surface area contributed by atoms with E-state index in [4.69, 9.17) is 20.9 Å². The molecule has 0 fully saturated rings. The van der Waals surface area contributed by atoms with E-state index in [9.17, 15) is 0 Å². The van der Waals surface area contributed by atoms with Crippen molar-refractivity contribution in [2.45, 2.75) is 25.4 Å². The number of halogens is 1. The minimum absolute atomic E-state index is 0. The van der Waals surface area contributed by atoms with Crippen LogP contribution in [0.25, 0.3) is 32.7 Å².